The minimum Gasteiger partial charge on any atom is -0.344 e. The Morgan fingerprint density at radius 3 is 2.67 bits per heavy atom. The van der Waals surface area contributed by atoms with E-state index in [9.17, 15) is 4.79 Å². The zero-order valence-corrected chi connectivity index (χ0v) is 11.5. The molecule has 4 heteroatoms. The van der Waals surface area contributed by atoms with Crippen molar-refractivity contribution < 1.29 is 4.79 Å². The molecule has 0 fully saturated rings. The maximum Gasteiger partial charge on any atom is 0.231 e. The van der Waals surface area contributed by atoms with Gasteiger partial charge in [0.25, 0.3) is 0 Å². The predicted octanol–water partition coefficient (Wildman–Crippen LogP) is 1.81. The number of benzene rings is 1. The van der Waals surface area contributed by atoms with Gasteiger partial charge in [0, 0.05) is 10.9 Å². The van der Waals surface area contributed by atoms with Crippen LogP contribution >= 0.6 is 11.8 Å². The molecule has 1 unspecified atom stereocenters. The van der Waals surface area contributed by atoms with Gasteiger partial charge >= 0.3 is 0 Å². The van der Waals surface area contributed by atoms with Gasteiger partial charge in [-0.15, -0.1) is 18.2 Å². The van der Waals surface area contributed by atoms with Gasteiger partial charge in [-0.3, -0.25) is 4.79 Å². The summed E-state index contributed by atoms with van der Waals surface area (Å²) in [6, 6.07) is 8.54. The predicted molar refractivity (Wildman–Crippen MR) is 76.5 cm³/mol. The molecule has 3 nitrogen and oxygen atoms in total. The minimum absolute atomic E-state index is 0.0365. The summed E-state index contributed by atoms with van der Waals surface area (Å²) in [6.07, 6.45) is 5.06. The third-order valence-electron chi connectivity index (χ3n) is 2.57. The van der Waals surface area contributed by atoms with Gasteiger partial charge in [0.1, 0.15) is 0 Å². The zero-order chi connectivity index (χ0) is 13.4. The molecule has 1 aromatic carbocycles. The molecule has 96 valence electrons. The summed E-state index contributed by atoms with van der Waals surface area (Å²) in [5, 5.41) is 5.82. The Balaban J connectivity index is 2.44. The van der Waals surface area contributed by atoms with Crippen LogP contribution in [-0.4, -0.2) is 25.3 Å². The number of carbonyl (C=O) groups excluding carboxylic acids is 1. The summed E-state index contributed by atoms with van der Waals surface area (Å²) in [6.45, 7) is 2.40. The average molecular weight is 262 g/mol. The number of thioether (sulfide) groups is 1. The number of terminal acetylenes is 1. The molecular weight excluding hydrogens is 244 g/mol. The van der Waals surface area contributed by atoms with Crippen molar-refractivity contribution in [2.24, 2.45) is 0 Å². The molecule has 2 N–H and O–H groups in total. The number of hydrogen-bond donors (Lipinski definition) is 2. The van der Waals surface area contributed by atoms with Crippen LogP contribution in [0.2, 0.25) is 0 Å². The summed E-state index contributed by atoms with van der Waals surface area (Å²) < 4.78 is 0. The van der Waals surface area contributed by atoms with Crippen LogP contribution in [-0.2, 0) is 4.79 Å². The van der Waals surface area contributed by atoms with E-state index in [1.54, 1.807) is 0 Å². The number of rotatable bonds is 6. The molecule has 1 aromatic rings. The van der Waals surface area contributed by atoms with Crippen molar-refractivity contribution >= 4 is 17.7 Å². The average Bonchev–Trinajstić information content (AvgIpc) is 2.42. The molecule has 1 rings (SSSR count). The Bertz CT molecular complexity index is 422. The van der Waals surface area contributed by atoms with E-state index in [1.807, 2.05) is 19.2 Å². The third-order valence-corrected chi connectivity index (χ3v) is 3.58. The van der Waals surface area contributed by atoms with Gasteiger partial charge in [-0.25, -0.2) is 0 Å². The first kappa shape index (κ1) is 14.6. The third kappa shape index (κ3) is 4.82. The second kappa shape index (κ2) is 7.80. The molecule has 0 radical (unpaired) electrons. The quantitative estimate of drug-likeness (QED) is 0.607. The van der Waals surface area contributed by atoms with Crippen LogP contribution in [0.5, 0.6) is 0 Å². The van der Waals surface area contributed by atoms with E-state index < -0.39 is 0 Å². The van der Waals surface area contributed by atoms with E-state index in [2.05, 4.69) is 35.6 Å². The van der Waals surface area contributed by atoms with Crippen LogP contribution in [0, 0.1) is 12.3 Å². The Kier molecular flexibility index (Phi) is 6.34. The van der Waals surface area contributed by atoms with Crippen molar-refractivity contribution in [3.63, 3.8) is 0 Å². The number of carbonyl (C=O) groups is 1. The standard InChI is InChI=1S/C14H18N2OS/c1-4-9-16-14(17)10-18-13-7-5-12(6-8-13)11(2)15-3/h1,5-8,11,15H,9-10H2,2-3H3,(H,16,17). The fourth-order valence-corrected chi connectivity index (χ4v) is 2.10. The molecule has 1 amide bonds. The fourth-order valence-electron chi connectivity index (χ4n) is 1.37. The van der Waals surface area contributed by atoms with Gasteiger partial charge in [-0.05, 0) is 31.7 Å². The molecule has 0 saturated heterocycles. The molecule has 0 aromatic heterocycles. The van der Waals surface area contributed by atoms with Crippen molar-refractivity contribution in [1.82, 2.24) is 10.6 Å². The summed E-state index contributed by atoms with van der Waals surface area (Å²) in [7, 11) is 1.93. The Morgan fingerprint density at radius 1 is 1.44 bits per heavy atom. The SMILES string of the molecule is C#CCNC(=O)CSc1ccc(C(C)NC)cc1. The monoisotopic (exact) mass is 262 g/mol. The van der Waals surface area contributed by atoms with E-state index in [1.165, 1.54) is 17.3 Å². The maximum atomic E-state index is 11.4. The first-order valence-corrected chi connectivity index (χ1v) is 6.76. The lowest BCUT2D eigenvalue weighted by atomic mass is 10.1. The van der Waals surface area contributed by atoms with Crippen molar-refractivity contribution in [2.45, 2.75) is 17.9 Å². The Morgan fingerprint density at radius 2 is 2.11 bits per heavy atom. The molecule has 0 aliphatic heterocycles. The normalized spacial score (nSPS) is 11.6. The highest BCUT2D eigenvalue weighted by atomic mass is 32.2. The molecule has 0 aliphatic rings. The van der Waals surface area contributed by atoms with Crippen molar-refractivity contribution in [1.29, 1.82) is 0 Å². The number of nitrogens with one attached hydrogen (secondary N) is 2. The first-order valence-electron chi connectivity index (χ1n) is 5.77. The summed E-state index contributed by atoms with van der Waals surface area (Å²) in [4.78, 5) is 12.4. The number of hydrogen-bond acceptors (Lipinski definition) is 3. The molecule has 18 heavy (non-hydrogen) atoms. The molecule has 0 heterocycles. The number of amides is 1. The molecule has 0 saturated carbocycles. The van der Waals surface area contributed by atoms with Gasteiger partial charge in [-0.1, -0.05) is 18.1 Å². The Hall–Kier alpha value is -1.44. The van der Waals surface area contributed by atoms with E-state index in [4.69, 9.17) is 6.42 Å². The minimum atomic E-state index is -0.0365. The largest absolute Gasteiger partial charge is 0.344 e. The highest BCUT2D eigenvalue weighted by Gasteiger charge is 2.04. The van der Waals surface area contributed by atoms with Crippen LogP contribution in [0.15, 0.2) is 29.2 Å². The van der Waals surface area contributed by atoms with Crippen LogP contribution in [0.25, 0.3) is 0 Å². The highest BCUT2D eigenvalue weighted by molar-refractivity contribution is 8.00. The van der Waals surface area contributed by atoms with Gasteiger partial charge in [-0.2, -0.15) is 0 Å². The van der Waals surface area contributed by atoms with Crippen molar-refractivity contribution in [3.8, 4) is 12.3 Å². The van der Waals surface area contributed by atoms with E-state index in [0.29, 0.717) is 11.8 Å². The second-order valence-corrected chi connectivity index (χ2v) is 4.90. The van der Waals surface area contributed by atoms with Gasteiger partial charge in [0.15, 0.2) is 0 Å². The highest BCUT2D eigenvalue weighted by Crippen LogP contribution is 2.20. The van der Waals surface area contributed by atoms with E-state index in [0.717, 1.165) is 4.90 Å². The van der Waals surface area contributed by atoms with Gasteiger partial charge in [0.2, 0.25) is 5.91 Å². The van der Waals surface area contributed by atoms with Gasteiger partial charge in [0.05, 0.1) is 12.3 Å². The lowest BCUT2D eigenvalue weighted by Gasteiger charge is -2.10. The van der Waals surface area contributed by atoms with E-state index >= 15 is 0 Å². The Labute approximate surface area is 113 Å². The lowest BCUT2D eigenvalue weighted by Crippen LogP contribution is -2.25. The summed E-state index contributed by atoms with van der Waals surface area (Å²) in [5.41, 5.74) is 1.23. The molecular formula is C14H18N2OS. The molecule has 0 spiro atoms. The summed E-state index contributed by atoms with van der Waals surface area (Å²) in [5.74, 6) is 2.73. The van der Waals surface area contributed by atoms with Crippen molar-refractivity contribution in [3.05, 3.63) is 29.8 Å². The van der Waals surface area contributed by atoms with Crippen molar-refractivity contribution in [2.75, 3.05) is 19.3 Å². The van der Waals surface area contributed by atoms with Crippen LogP contribution in [0.4, 0.5) is 0 Å². The van der Waals surface area contributed by atoms with E-state index in [-0.39, 0.29) is 12.5 Å². The first-order chi connectivity index (χ1) is 8.67. The van der Waals surface area contributed by atoms with Crippen LogP contribution < -0.4 is 10.6 Å². The zero-order valence-electron chi connectivity index (χ0n) is 10.7. The molecule has 0 bridgehead atoms. The van der Waals surface area contributed by atoms with Crippen LogP contribution in [0.1, 0.15) is 18.5 Å². The fraction of sp³-hybridized carbons (Fsp3) is 0.357. The second-order valence-electron chi connectivity index (χ2n) is 3.85. The summed E-state index contributed by atoms with van der Waals surface area (Å²) >= 11 is 1.51. The topological polar surface area (TPSA) is 41.1 Å². The maximum absolute atomic E-state index is 11.4. The molecule has 0 aliphatic carbocycles. The smallest absolute Gasteiger partial charge is 0.231 e. The lowest BCUT2D eigenvalue weighted by molar-refractivity contribution is -0.118. The van der Waals surface area contributed by atoms with Gasteiger partial charge < -0.3 is 10.6 Å². The van der Waals surface area contributed by atoms with Crippen LogP contribution in [0.3, 0.4) is 0 Å². The molecule has 1 atom stereocenters.